The Bertz CT molecular complexity index is 627. The Hall–Kier alpha value is -2.05. The molecular weight excluding hydrogens is 292 g/mol. The van der Waals surface area contributed by atoms with Gasteiger partial charge in [-0.15, -0.1) is 0 Å². The molecule has 0 aliphatic rings. The van der Waals surface area contributed by atoms with Gasteiger partial charge in [0.05, 0.1) is 30.1 Å². The Morgan fingerprint density at radius 3 is 3.00 bits per heavy atom. The van der Waals surface area contributed by atoms with Crippen LogP contribution in [-0.2, 0) is 13.1 Å². The number of aromatic nitrogens is 2. The van der Waals surface area contributed by atoms with Crippen molar-refractivity contribution in [2.75, 3.05) is 19.0 Å². The van der Waals surface area contributed by atoms with Crippen molar-refractivity contribution in [2.45, 2.75) is 13.1 Å². The normalized spacial score (nSPS) is 10.4. The first-order valence-corrected chi connectivity index (χ1v) is 6.89. The molecule has 0 aliphatic carbocycles. The maximum absolute atomic E-state index is 11.6. The molecule has 1 aromatic heterocycles. The molecule has 0 unspecified atom stereocenters. The molecule has 3 N–H and O–H groups in total. The fourth-order valence-electron chi connectivity index (χ4n) is 1.87. The van der Waals surface area contributed by atoms with Crippen LogP contribution in [0, 0.1) is 0 Å². The predicted octanol–water partition coefficient (Wildman–Crippen LogP) is 1.50. The van der Waals surface area contributed by atoms with Crippen molar-refractivity contribution in [3.05, 3.63) is 46.7 Å². The number of nitrogens with zero attached hydrogens (tertiary/aromatic N) is 2. The number of carbonyl (C=O) groups excluding carboxylic acids is 1. The van der Waals surface area contributed by atoms with Crippen LogP contribution in [-0.4, -0.2) is 34.4 Å². The van der Waals surface area contributed by atoms with Crippen molar-refractivity contribution in [1.82, 2.24) is 15.1 Å². The topological polar surface area (TPSA) is 79.2 Å². The van der Waals surface area contributed by atoms with Crippen molar-refractivity contribution in [1.29, 1.82) is 0 Å². The van der Waals surface area contributed by atoms with Crippen LogP contribution in [0.3, 0.4) is 0 Å². The molecule has 0 saturated carbocycles. The lowest BCUT2D eigenvalue weighted by Crippen LogP contribution is -2.17. The zero-order valence-corrected chi connectivity index (χ0v) is 12.4. The zero-order valence-electron chi connectivity index (χ0n) is 11.6. The second kappa shape index (κ2) is 7.10. The number of halogens is 1. The van der Waals surface area contributed by atoms with Crippen molar-refractivity contribution in [3.63, 3.8) is 0 Å². The average molecular weight is 309 g/mol. The molecular formula is C14H17ClN4O2. The van der Waals surface area contributed by atoms with Crippen LogP contribution in [0.2, 0.25) is 5.02 Å². The number of carbonyl (C=O) groups is 1. The first-order chi connectivity index (χ1) is 10.1. The fourth-order valence-corrected chi connectivity index (χ4v) is 2.05. The summed E-state index contributed by atoms with van der Waals surface area (Å²) in [5, 5.41) is 19.3. The van der Waals surface area contributed by atoms with Gasteiger partial charge in [0.2, 0.25) is 0 Å². The maximum atomic E-state index is 11.6. The quantitative estimate of drug-likeness (QED) is 0.755. The third-order valence-electron chi connectivity index (χ3n) is 2.95. The molecule has 6 nitrogen and oxygen atoms in total. The van der Waals surface area contributed by atoms with E-state index in [1.54, 1.807) is 36.1 Å². The molecule has 1 amide bonds. The van der Waals surface area contributed by atoms with Gasteiger partial charge in [0.25, 0.3) is 5.91 Å². The number of anilines is 1. The summed E-state index contributed by atoms with van der Waals surface area (Å²) in [4.78, 5) is 11.6. The van der Waals surface area contributed by atoms with Crippen LogP contribution in [0.25, 0.3) is 0 Å². The van der Waals surface area contributed by atoms with Gasteiger partial charge in [-0.1, -0.05) is 11.6 Å². The third-order valence-corrected chi connectivity index (χ3v) is 3.28. The van der Waals surface area contributed by atoms with E-state index in [-0.39, 0.29) is 12.5 Å². The SMILES string of the molecule is CNC(=O)c1ccc(Cl)c(NCc2cnn(CCO)c2)c1. The van der Waals surface area contributed by atoms with E-state index in [9.17, 15) is 4.79 Å². The Morgan fingerprint density at radius 1 is 1.48 bits per heavy atom. The van der Waals surface area contributed by atoms with E-state index in [2.05, 4.69) is 15.7 Å². The van der Waals surface area contributed by atoms with E-state index in [4.69, 9.17) is 16.7 Å². The van der Waals surface area contributed by atoms with Crippen molar-refractivity contribution in [2.24, 2.45) is 0 Å². The standard InChI is InChI=1S/C14H17ClN4O2/c1-16-14(21)11-2-3-12(15)13(6-11)17-7-10-8-18-19(9-10)4-5-20/h2-3,6,8-9,17,20H,4-5,7H2,1H3,(H,16,21). The molecule has 0 atom stereocenters. The fraction of sp³-hybridized carbons (Fsp3) is 0.286. The van der Waals surface area contributed by atoms with Crippen molar-refractivity contribution >= 4 is 23.2 Å². The maximum Gasteiger partial charge on any atom is 0.251 e. The molecule has 1 heterocycles. The summed E-state index contributed by atoms with van der Waals surface area (Å²) in [5.74, 6) is -0.162. The van der Waals surface area contributed by atoms with Gasteiger partial charge >= 0.3 is 0 Å². The number of amides is 1. The lowest BCUT2D eigenvalue weighted by atomic mass is 10.2. The number of aliphatic hydroxyl groups is 1. The zero-order chi connectivity index (χ0) is 15.2. The lowest BCUT2D eigenvalue weighted by molar-refractivity contribution is 0.0963. The van der Waals surface area contributed by atoms with Gasteiger partial charge in [-0.25, -0.2) is 0 Å². The summed E-state index contributed by atoms with van der Waals surface area (Å²) in [6.45, 7) is 1.05. The molecule has 21 heavy (non-hydrogen) atoms. The number of hydrogen-bond donors (Lipinski definition) is 3. The second-order valence-corrected chi connectivity index (χ2v) is 4.87. The third kappa shape index (κ3) is 3.96. The molecule has 7 heteroatoms. The van der Waals surface area contributed by atoms with E-state index >= 15 is 0 Å². The molecule has 0 spiro atoms. The monoisotopic (exact) mass is 308 g/mol. The summed E-state index contributed by atoms with van der Waals surface area (Å²) in [6, 6.07) is 5.06. The molecule has 0 fully saturated rings. The molecule has 2 rings (SSSR count). The Balaban J connectivity index is 2.06. The summed E-state index contributed by atoms with van der Waals surface area (Å²) >= 11 is 6.12. The Kier molecular flexibility index (Phi) is 5.19. The van der Waals surface area contributed by atoms with Gasteiger partial charge in [-0.05, 0) is 18.2 Å². The van der Waals surface area contributed by atoms with Gasteiger partial charge in [-0.3, -0.25) is 9.48 Å². The van der Waals surface area contributed by atoms with E-state index in [1.807, 2.05) is 6.20 Å². The highest BCUT2D eigenvalue weighted by molar-refractivity contribution is 6.33. The van der Waals surface area contributed by atoms with Crippen LogP contribution >= 0.6 is 11.6 Å². The lowest BCUT2D eigenvalue weighted by Gasteiger charge is -2.09. The van der Waals surface area contributed by atoms with E-state index in [0.717, 1.165) is 5.56 Å². The predicted molar refractivity (Wildman–Crippen MR) is 81.5 cm³/mol. The number of nitrogens with one attached hydrogen (secondary N) is 2. The smallest absolute Gasteiger partial charge is 0.251 e. The largest absolute Gasteiger partial charge is 0.394 e. The average Bonchev–Trinajstić information content (AvgIpc) is 2.93. The van der Waals surface area contributed by atoms with E-state index in [0.29, 0.717) is 29.4 Å². The number of aliphatic hydroxyl groups excluding tert-OH is 1. The van der Waals surface area contributed by atoms with E-state index in [1.165, 1.54) is 0 Å². The summed E-state index contributed by atoms with van der Waals surface area (Å²) < 4.78 is 1.67. The molecule has 112 valence electrons. The van der Waals surface area contributed by atoms with Crippen LogP contribution in [0.1, 0.15) is 15.9 Å². The molecule has 0 radical (unpaired) electrons. The number of rotatable bonds is 6. The Morgan fingerprint density at radius 2 is 2.29 bits per heavy atom. The minimum absolute atomic E-state index is 0.0502. The Labute approximate surface area is 127 Å². The molecule has 0 saturated heterocycles. The van der Waals surface area contributed by atoms with Gasteiger partial charge in [0, 0.05) is 30.9 Å². The first kappa shape index (κ1) is 15.3. The molecule has 0 bridgehead atoms. The molecule has 2 aromatic rings. The van der Waals surface area contributed by atoms with Gasteiger partial charge < -0.3 is 15.7 Å². The summed E-state index contributed by atoms with van der Waals surface area (Å²) in [5.41, 5.74) is 2.19. The highest BCUT2D eigenvalue weighted by atomic mass is 35.5. The minimum Gasteiger partial charge on any atom is -0.394 e. The van der Waals surface area contributed by atoms with E-state index < -0.39 is 0 Å². The summed E-state index contributed by atoms with van der Waals surface area (Å²) in [7, 11) is 1.58. The number of benzene rings is 1. The highest BCUT2D eigenvalue weighted by Crippen LogP contribution is 2.23. The van der Waals surface area contributed by atoms with Crippen LogP contribution in [0.15, 0.2) is 30.6 Å². The molecule has 1 aromatic carbocycles. The number of hydrogen-bond acceptors (Lipinski definition) is 4. The van der Waals surface area contributed by atoms with Gasteiger partial charge in [0.1, 0.15) is 0 Å². The highest BCUT2D eigenvalue weighted by Gasteiger charge is 2.07. The summed E-state index contributed by atoms with van der Waals surface area (Å²) in [6.07, 6.45) is 3.57. The van der Waals surface area contributed by atoms with Crippen LogP contribution < -0.4 is 10.6 Å². The van der Waals surface area contributed by atoms with Gasteiger partial charge in [-0.2, -0.15) is 5.10 Å². The second-order valence-electron chi connectivity index (χ2n) is 4.46. The van der Waals surface area contributed by atoms with Crippen LogP contribution in [0.4, 0.5) is 5.69 Å². The molecule has 0 aliphatic heterocycles. The van der Waals surface area contributed by atoms with Crippen molar-refractivity contribution < 1.29 is 9.90 Å². The van der Waals surface area contributed by atoms with Crippen LogP contribution in [0.5, 0.6) is 0 Å². The minimum atomic E-state index is -0.162. The first-order valence-electron chi connectivity index (χ1n) is 6.51. The van der Waals surface area contributed by atoms with Crippen molar-refractivity contribution in [3.8, 4) is 0 Å². The van der Waals surface area contributed by atoms with Gasteiger partial charge in [0.15, 0.2) is 0 Å².